The third-order valence-corrected chi connectivity index (χ3v) is 15.7. The average Bonchev–Trinajstić information content (AvgIpc) is 2.91. The lowest BCUT2D eigenvalue weighted by Crippen LogP contribution is -2.68. The molecule has 21 aliphatic heterocycles. The molecule has 1 saturated carbocycles. The Morgan fingerprint density at radius 3 is 0.610 bits per heavy atom. The van der Waals surface area contributed by atoms with Gasteiger partial charge in [0.05, 0.1) is 52.4 Å². The fourth-order valence-electron chi connectivity index (χ4n) is 10.7. The Morgan fingerprint density at radius 1 is 0.232 bits per heavy atom. The van der Waals surface area contributed by atoms with E-state index in [1.165, 1.54) is 25.7 Å². The SMILES string of the molecule is C#C.C1CCC1.OCC1O[C@H]2C[C@@H](O)[C@@H]1O[C@@H]1OC(CO)[C@@H](O[C@@H]3OC(CO)[C@@H](O[C@@H]4OC(CO)[C@@H](O[C@H]5OC(CO)[C@@H](O[C@@H]6OC(CO)[C@@H](O[C@@H]7OC(CO)[C@@H](O2)[C@H](O)C7O)[C@H](O)C6O)[C@H](O)C5O)[C@H](O)C4O)[C@H](O)C3O)[C@H](O)C1O. The van der Waals surface area contributed by atoms with Crippen LogP contribution in [0.5, 0.6) is 0 Å². The molecular weight excluding hydrogens is 1120 g/mol. The summed E-state index contributed by atoms with van der Waals surface area (Å²) < 4.78 is 80.0. The lowest BCUT2D eigenvalue weighted by atomic mass is 9.95. The Hall–Kier alpha value is -1.80. The van der Waals surface area contributed by atoms with Gasteiger partial charge in [0.2, 0.25) is 0 Å². The van der Waals surface area contributed by atoms with Crippen LogP contribution >= 0.6 is 0 Å². The number of rotatable bonds is 7. The van der Waals surface area contributed by atoms with Crippen LogP contribution in [0.1, 0.15) is 32.1 Å². The van der Waals surface area contributed by atoms with Crippen molar-refractivity contribution in [3.63, 3.8) is 0 Å². The summed E-state index contributed by atoms with van der Waals surface area (Å²) in [7, 11) is 0. The highest BCUT2D eigenvalue weighted by Crippen LogP contribution is 2.39. The molecule has 476 valence electrons. The lowest BCUT2D eigenvalue weighted by Gasteiger charge is -2.50. The van der Waals surface area contributed by atoms with Crippen LogP contribution in [-0.4, -0.2) is 357 Å². The molecule has 0 aromatic carbocycles. The maximum atomic E-state index is 11.3. The van der Waals surface area contributed by atoms with Crippen LogP contribution in [0.4, 0.5) is 0 Å². The molecule has 34 nitrogen and oxygen atoms in total. The van der Waals surface area contributed by atoms with Gasteiger partial charge in [-0.2, -0.15) is 0 Å². The Balaban J connectivity index is 0.00000153. The molecule has 34 heteroatoms. The number of aliphatic hydroxyl groups is 20. The van der Waals surface area contributed by atoms with Crippen molar-refractivity contribution >= 4 is 0 Å². The van der Waals surface area contributed by atoms with Gasteiger partial charge in [-0.15, -0.1) is 12.8 Å². The summed E-state index contributed by atoms with van der Waals surface area (Å²) >= 11 is 0. The summed E-state index contributed by atoms with van der Waals surface area (Å²) in [6, 6.07) is 0. The molecule has 21 heterocycles. The molecule has 0 aromatic heterocycles. The van der Waals surface area contributed by atoms with Gasteiger partial charge in [-0.1, -0.05) is 25.7 Å². The minimum Gasteiger partial charge on any atom is -0.394 e. The largest absolute Gasteiger partial charge is 0.394 e. The molecule has 0 spiro atoms. The van der Waals surface area contributed by atoms with Gasteiger partial charge in [0.25, 0.3) is 0 Å². The monoisotopic (exact) mass is 1200 g/mol. The Labute approximate surface area is 467 Å². The fourth-order valence-corrected chi connectivity index (χ4v) is 10.7. The molecular formula is C48H80O34. The number of hydrogen-bond donors (Lipinski definition) is 20. The van der Waals surface area contributed by atoms with Gasteiger partial charge in [-0.05, 0) is 0 Å². The first kappa shape index (κ1) is 67.7. The first-order valence-electron chi connectivity index (χ1n) is 26.8. The summed E-state index contributed by atoms with van der Waals surface area (Å²) in [6.07, 6.45) is -51.7. The number of terminal acetylenes is 1. The minimum absolute atomic E-state index is 0.550. The average molecular weight is 1200 g/mol. The van der Waals surface area contributed by atoms with E-state index in [0.29, 0.717) is 0 Å². The molecule has 0 aromatic rings. The van der Waals surface area contributed by atoms with Crippen molar-refractivity contribution < 1.29 is 168 Å². The molecule has 82 heavy (non-hydrogen) atoms. The highest BCUT2D eigenvalue weighted by molar-refractivity contribution is 5.01. The highest BCUT2D eigenvalue weighted by atomic mass is 16.8. The normalized spacial score (nSPS) is 52.1. The van der Waals surface area contributed by atoms with Crippen LogP contribution < -0.4 is 0 Å². The van der Waals surface area contributed by atoms with Crippen LogP contribution in [0.25, 0.3) is 0 Å². The molecule has 1 aliphatic carbocycles. The van der Waals surface area contributed by atoms with E-state index in [4.69, 9.17) is 66.3 Å². The third kappa shape index (κ3) is 14.4. The zero-order chi connectivity index (χ0) is 60.0. The summed E-state index contributed by atoms with van der Waals surface area (Å²) in [6.45, 7) is -6.99. The second-order valence-corrected chi connectivity index (χ2v) is 20.9. The van der Waals surface area contributed by atoms with E-state index in [9.17, 15) is 102 Å². The van der Waals surface area contributed by atoms with Gasteiger partial charge in [0.15, 0.2) is 44.0 Å². The van der Waals surface area contributed by atoms with Gasteiger partial charge in [0.1, 0.15) is 159 Å². The zero-order valence-electron chi connectivity index (χ0n) is 43.9. The smallest absolute Gasteiger partial charge is 0.187 e. The molecule has 13 unspecified atom stereocenters. The van der Waals surface area contributed by atoms with Crippen LogP contribution in [0, 0.1) is 12.8 Å². The van der Waals surface area contributed by atoms with E-state index >= 15 is 0 Å². The second kappa shape index (κ2) is 30.4. The predicted molar refractivity (Wildman–Crippen MR) is 255 cm³/mol. The number of aliphatic hydroxyl groups excluding tert-OH is 20. The van der Waals surface area contributed by atoms with Gasteiger partial charge < -0.3 is 168 Å². The molecule has 0 radical (unpaired) electrons. The molecule has 20 N–H and O–H groups in total. The van der Waals surface area contributed by atoms with Crippen molar-refractivity contribution in [2.45, 2.75) is 241 Å². The van der Waals surface area contributed by atoms with Crippen molar-refractivity contribution in [1.29, 1.82) is 0 Å². The van der Waals surface area contributed by atoms with Crippen LogP contribution in [0.3, 0.4) is 0 Å². The van der Waals surface area contributed by atoms with Crippen molar-refractivity contribution in [2.75, 3.05) is 46.2 Å². The van der Waals surface area contributed by atoms with Gasteiger partial charge in [0, 0.05) is 6.42 Å². The minimum atomic E-state index is -2.19. The van der Waals surface area contributed by atoms with E-state index in [2.05, 4.69) is 12.8 Å². The number of ether oxygens (including phenoxy) is 14. The van der Waals surface area contributed by atoms with E-state index in [1.54, 1.807) is 0 Å². The number of hydrogen-bond acceptors (Lipinski definition) is 34. The van der Waals surface area contributed by atoms with E-state index < -0.39 is 262 Å². The fraction of sp³-hybridized carbons (Fsp3) is 0.958. The van der Waals surface area contributed by atoms with E-state index in [1.807, 2.05) is 0 Å². The summed E-state index contributed by atoms with van der Waals surface area (Å²) in [4.78, 5) is 0. The Kier molecular flexibility index (Phi) is 25.1. The third-order valence-electron chi connectivity index (χ3n) is 15.7. The van der Waals surface area contributed by atoms with E-state index in [-0.39, 0.29) is 0 Å². The molecule has 14 bridgehead atoms. The van der Waals surface area contributed by atoms with Gasteiger partial charge in [-0.25, -0.2) is 0 Å². The standard InChI is InChI=1S/C42H70O34.C4H8.C2H2/c43-2-10-30-9(50)1-17(63-10)70-31-11(3-44)64-38(24(57)18(31)51)72-33-13(5-46)66-40(26(59)20(33)53)74-35-15(7-48)68-42(28(61)22(35)55)76-36-16(8-49)69-41(29(62)23(36)56)75-34-14(6-47)67-39(27(60)21(34)54)73-32-12(4-45)65-37(71-30)25(58)19(32)52;1-2-4-3-1;1-2/h9-62H,1-8H2;1-4H2;1-2H/t9-,10?,11?,12?,13?,14?,15?,16?,17-,18-,19-,20-,21-,22-,23-,24?,25?,26?,27?,28?,29?,30+,31-,32-,33-,34-,35-,36-,37+,38+,39+,40+,41+,42-;;/m1../s1. The maximum Gasteiger partial charge on any atom is 0.187 e. The van der Waals surface area contributed by atoms with Crippen molar-refractivity contribution in [1.82, 2.24) is 0 Å². The van der Waals surface area contributed by atoms with Crippen LogP contribution in [0.2, 0.25) is 0 Å². The summed E-state index contributed by atoms with van der Waals surface area (Å²) in [5, 5.41) is 219. The van der Waals surface area contributed by atoms with Gasteiger partial charge in [-0.3, -0.25) is 0 Å². The van der Waals surface area contributed by atoms with Crippen molar-refractivity contribution in [3.8, 4) is 12.8 Å². The molecule has 21 saturated heterocycles. The summed E-state index contributed by atoms with van der Waals surface area (Å²) in [5.41, 5.74) is 0. The van der Waals surface area contributed by atoms with Gasteiger partial charge >= 0.3 is 0 Å². The zero-order valence-corrected chi connectivity index (χ0v) is 43.9. The second-order valence-electron chi connectivity index (χ2n) is 20.9. The highest BCUT2D eigenvalue weighted by Gasteiger charge is 2.59. The molecule has 34 atom stereocenters. The van der Waals surface area contributed by atoms with Crippen LogP contribution in [0.15, 0.2) is 0 Å². The molecule has 0 amide bonds. The molecule has 22 rings (SSSR count). The van der Waals surface area contributed by atoms with Crippen molar-refractivity contribution in [3.05, 3.63) is 0 Å². The first-order valence-corrected chi connectivity index (χ1v) is 26.8. The van der Waals surface area contributed by atoms with E-state index in [0.717, 1.165) is 0 Å². The topological polar surface area (TPSA) is 534 Å². The maximum absolute atomic E-state index is 11.3. The quantitative estimate of drug-likeness (QED) is 0.105. The predicted octanol–water partition coefficient (Wildman–Crippen LogP) is -12.4. The first-order chi connectivity index (χ1) is 39.2. The van der Waals surface area contributed by atoms with Crippen molar-refractivity contribution in [2.24, 2.45) is 0 Å². The molecule has 22 fully saturated rings. The summed E-state index contributed by atoms with van der Waals surface area (Å²) in [5.74, 6) is 0. The molecule has 22 aliphatic rings. The lowest BCUT2D eigenvalue weighted by molar-refractivity contribution is -0.396. The Bertz CT molecular complexity index is 1900. The van der Waals surface area contributed by atoms with Crippen LogP contribution in [-0.2, 0) is 66.3 Å². The Morgan fingerprint density at radius 2 is 0.415 bits per heavy atom.